The van der Waals surface area contributed by atoms with Crippen LogP contribution in [0.25, 0.3) is 0 Å². The number of amides is 1. The third-order valence-electron chi connectivity index (χ3n) is 2.88. The van der Waals surface area contributed by atoms with Crippen LogP contribution in [-0.2, 0) is 4.79 Å². The zero-order valence-electron chi connectivity index (χ0n) is 11.0. The maximum absolute atomic E-state index is 11.8. The summed E-state index contributed by atoms with van der Waals surface area (Å²) in [5.74, 6) is 0.361. The second kappa shape index (κ2) is 7.13. The summed E-state index contributed by atoms with van der Waals surface area (Å²) in [6.45, 7) is 4.09. The van der Waals surface area contributed by atoms with Crippen LogP contribution in [-0.4, -0.2) is 17.0 Å². The highest BCUT2D eigenvalue weighted by atomic mass is 79.9. The van der Waals surface area contributed by atoms with Crippen molar-refractivity contribution in [2.24, 2.45) is 16.8 Å². The van der Waals surface area contributed by atoms with Crippen molar-refractivity contribution in [1.29, 1.82) is 0 Å². The Kier molecular flexibility index (Phi) is 5.82. The Morgan fingerprint density at radius 3 is 2.79 bits per heavy atom. The molecule has 0 aromatic heterocycles. The highest BCUT2D eigenvalue weighted by molar-refractivity contribution is 9.10. The molecule has 19 heavy (non-hydrogen) atoms. The zero-order chi connectivity index (χ0) is 14.4. The summed E-state index contributed by atoms with van der Waals surface area (Å²) >= 11 is 3.35. The molecule has 104 valence electrons. The molecule has 0 spiro atoms. The van der Waals surface area contributed by atoms with E-state index in [-0.39, 0.29) is 11.7 Å². The van der Waals surface area contributed by atoms with Crippen molar-refractivity contribution in [1.82, 2.24) is 0 Å². The minimum absolute atomic E-state index is 0.0217. The lowest BCUT2D eigenvalue weighted by Crippen LogP contribution is -2.16. The number of carbonyl (C=O) groups is 1. The summed E-state index contributed by atoms with van der Waals surface area (Å²) in [7, 11) is 0. The van der Waals surface area contributed by atoms with Crippen molar-refractivity contribution < 1.29 is 10.0 Å². The lowest BCUT2D eigenvalue weighted by Gasteiger charge is -2.11. The number of carbonyl (C=O) groups excluding carboxylic acids is 1. The van der Waals surface area contributed by atoms with Crippen LogP contribution >= 0.6 is 15.9 Å². The van der Waals surface area contributed by atoms with Gasteiger partial charge in [0, 0.05) is 16.5 Å². The van der Waals surface area contributed by atoms with Crippen molar-refractivity contribution >= 4 is 33.4 Å². The number of benzene rings is 1. The normalized spacial score (nSPS) is 13.1. The predicted molar refractivity (Wildman–Crippen MR) is 79.4 cm³/mol. The third-order valence-corrected chi connectivity index (χ3v) is 3.53. The number of nitrogens with two attached hydrogens (primary N) is 1. The number of oxime groups is 1. The van der Waals surface area contributed by atoms with Gasteiger partial charge in [-0.25, -0.2) is 0 Å². The molecule has 1 rings (SSSR count). The molecular formula is C13H18BrN3O2. The van der Waals surface area contributed by atoms with E-state index in [1.165, 1.54) is 0 Å². The van der Waals surface area contributed by atoms with Crippen LogP contribution in [0.2, 0.25) is 0 Å². The van der Waals surface area contributed by atoms with Gasteiger partial charge < -0.3 is 16.3 Å². The van der Waals surface area contributed by atoms with Gasteiger partial charge >= 0.3 is 0 Å². The maximum atomic E-state index is 11.8. The van der Waals surface area contributed by atoms with E-state index in [2.05, 4.69) is 33.3 Å². The average Bonchev–Trinajstić information content (AvgIpc) is 2.39. The summed E-state index contributed by atoms with van der Waals surface area (Å²) in [4.78, 5) is 11.8. The number of amidine groups is 1. The van der Waals surface area contributed by atoms with Gasteiger partial charge in [-0.2, -0.15) is 0 Å². The number of anilines is 1. The molecule has 0 aliphatic carbocycles. The Balaban J connectivity index is 2.78. The van der Waals surface area contributed by atoms with E-state index in [9.17, 15) is 4.79 Å². The molecule has 0 radical (unpaired) electrons. The Morgan fingerprint density at radius 2 is 2.26 bits per heavy atom. The first-order chi connectivity index (χ1) is 8.97. The smallest absolute Gasteiger partial charge is 0.224 e. The summed E-state index contributed by atoms with van der Waals surface area (Å²) in [6.07, 6.45) is 1.46. The minimum Gasteiger partial charge on any atom is -0.409 e. The van der Waals surface area contributed by atoms with Crippen LogP contribution in [0.15, 0.2) is 27.8 Å². The van der Waals surface area contributed by atoms with Gasteiger partial charge in [-0.1, -0.05) is 25.4 Å². The second-order valence-corrected chi connectivity index (χ2v) is 5.30. The van der Waals surface area contributed by atoms with Gasteiger partial charge in [0.05, 0.1) is 5.69 Å². The lowest BCUT2D eigenvalue weighted by molar-refractivity contribution is -0.117. The highest BCUT2D eigenvalue weighted by Crippen LogP contribution is 2.24. The average molecular weight is 328 g/mol. The van der Waals surface area contributed by atoms with Crippen LogP contribution in [0.5, 0.6) is 0 Å². The van der Waals surface area contributed by atoms with Gasteiger partial charge in [-0.05, 0) is 40.0 Å². The number of hydrogen-bond donors (Lipinski definition) is 3. The van der Waals surface area contributed by atoms with Gasteiger partial charge in [0.1, 0.15) is 0 Å². The summed E-state index contributed by atoms with van der Waals surface area (Å²) in [5, 5.41) is 14.4. The van der Waals surface area contributed by atoms with Crippen molar-refractivity contribution in [2.45, 2.75) is 26.7 Å². The summed E-state index contributed by atoms with van der Waals surface area (Å²) in [6, 6.07) is 5.08. The van der Waals surface area contributed by atoms with Gasteiger partial charge in [0.2, 0.25) is 5.91 Å². The molecule has 5 nitrogen and oxygen atoms in total. The van der Waals surface area contributed by atoms with Crippen molar-refractivity contribution in [2.75, 3.05) is 5.32 Å². The minimum atomic E-state index is -0.0217. The quantitative estimate of drug-likeness (QED) is 0.336. The summed E-state index contributed by atoms with van der Waals surface area (Å²) in [5.41, 5.74) is 6.74. The molecule has 0 aliphatic rings. The van der Waals surface area contributed by atoms with Gasteiger partial charge in [0.15, 0.2) is 5.84 Å². The van der Waals surface area contributed by atoms with E-state index < -0.39 is 0 Å². The molecule has 0 saturated heterocycles. The Labute approximate surface area is 121 Å². The molecule has 0 heterocycles. The van der Waals surface area contributed by atoms with E-state index in [0.29, 0.717) is 28.1 Å². The monoisotopic (exact) mass is 327 g/mol. The molecule has 1 aromatic rings. The first-order valence-corrected chi connectivity index (χ1v) is 6.84. The number of nitrogens with zero attached hydrogens (tertiary/aromatic N) is 1. The number of nitrogens with one attached hydrogen (secondary N) is 1. The lowest BCUT2D eigenvalue weighted by atomic mass is 10.0. The van der Waals surface area contributed by atoms with Crippen LogP contribution in [0.3, 0.4) is 0 Å². The molecule has 1 amide bonds. The van der Waals surface area contributed by atoms with Crippen molar-refractivity contribution in [3.8, 4) is 0 Å². The molecule has 0 bridgehead atoms. The fraction of sp³-hybridized carbons (Fsp3) is 0.385. The molecule has 6 heteroatoms. The first-order valence-electron chi connectivity index (χ1n) is 6.05. The zero-order valence-corrected chi connectivity index (χ0v) is 12.6. The highest BCUT2D eigenvalue weighted by Gasteiger charge is 2.10. The third kappa shape index (κ3) is 4.55. The second-order valence-electron chi connectivity index (χ2n) is 4.45. The molecule has 4 N–H and O–H groups in total. The van der Waals surface area contributed by atoms with Gasteiger partial charge in [-0.15, -0.1) is 0 Å². The molecule has 0 aliphatic heterocycles. The first kappa shape index (κ1) is 15.5. The van der Waals surface area contributed by atoms with Gasteiger partial charge in [0.25, 0.3) is 0 Å². The molecule has 1 atom stereocenters. The van der Waals surface area contributed by atoms with Crippen LogP contribution < -0.4 is 11.1 Å². The predicted octanol–water partition coefficient (Wildman–Crippen LogP) is 2.92. The van der Waals surface area contributed by atoms with Crippen LogP contribution in [0.1, 0.15) is 32.3 Å². The molecular weight excluding hydrogens is 310 g/mol. The molecule has 0 fully saturated rings. The Bertz CT molecular complexity index is 489. The summed E-state index contributed by atoms with van der Waals surface area (Å²) < 4.78 is 0.689. The fourth-order valence-electron chi connectivity index (χ4n) is 1.50. The number of rotatable bonds is 5. The number of halogens is 1. The Morgan fingerprint density at radius 1 is 1.58 bits per heavy atom. The van der Waals surface area contributed by atoms with E-state index in [1.807, 2.05) is 6.92 Å². The SMILES string of the molecule is CCC(C)CC(=O)Nc1ccc(/C(N)=N/O)cc1Br. The van der Waals surface area contributed by atoms with E-state index >= 15 is 0 Å². The Hall–Kier alpha value is -1.56. The van der Waals surface area contributed by atoms with Crippen LogP contribution in [0.4, 0.5) is 5.69 Å². The van der Waals surface area contributed by atoms with E-state index in [1.54, 1.807) is 18.2 Å². The largest absolute Gasteiger partial charge is 0.409 e. The molecule has 1 aromatic carbocycles. The molecule has 0 saturated carbocycles. The van der Waals surface area contributed by atoms with E-state index in [4.69, 9.17) is 10.9 Å². The van der Waals surface area contributed by atoms with E-state index in [0.717, 1.165) is 6.42 Å². The molecule has 1 unspecified atom stereocenters. The fourth-order valence-corrected chi connectivity index (χ4v) is 1.97. The maximum Gasteiger partial charge on any atom is 0.224 e. The number of hydrogen-bond acceptors (Lipinski definition) is 3. The van der Waals surface area contributed by atoms with Crippen LogP contribution in [0, 0.1) is 5.92 Å². The van der Waals surface area contributed by atoms with Crippen molar-refractivity contribution in [3.05, 3.63) is 28.2 Å². The standard InChI is InChI=1S/C13H18BrN3O2/c1-3-8(2)6-12(18)16-11-5-4-9(7-10(11)14)13(15)17-19/h4-5,7-8,19H,3,6H2,1-2H3,(H2,15,17)(H,16,18). The van der Waals surface area contributed by atoms with Gasteiger partial charge in [-0.3, -0.25) is 4.79 Å². The van der Waals surface area contributed by atoms with Crippen molar-refractivity contribution in [3.63, 3.8) is 0 Å². The topological polar surface area (TPSA) is 87.7 Å².